The van der Waals surface area contributed by atoms with E-state index in [0.717, 1.165) is 17.9 Å². The third-order valence-electron chi connectivity index (χ3n) is 2.29. The monoisotopic (exact) mass is 179 g/mol. The lowest BCUT2D eigenvalue weighted by atomic mass is 10.1. The van der Waals surface area contributed by atoms with Crippen molar-refractivity contribution < 1.29 is 9.84 Å². The van der Waals surface area contributed by atoms with E-state index in [1.165, 1.54) is 5.56 Å². The number of nitrogens with one attached hydrogen (secondary N) is 1. The van der Waals surface area contributed by atoms with Crippen LogP contribution in [0.2, 0.25) is 0 Å². The predicted octanol–water partition coefficient (Wildman–Crippen LogP) is 1.02. The van der Waals surface area contributed by atoms with E-state index in [1.54, 1.807) is 0 Å². The van der Waals surface area contributed by atoms with Gasteiger partial charge in [0, 0.05) is 19.2 Å². The van der Waals surface area contributed by atoms with Gasteiger partial charge in [-0.3, -0.25) is 0 Å². The second kappa shape index (κ2) is 3.26. The molecule has 0 spiro atoms. The average molecular weight is 179 g/mol. The van der Waals surface area contributed by atoms with Gasteiger partial charge in [0.2, 0.25) is 0 Å². The largest absolute Gasteiger partial charge is 0.487 e. The first-order valence-electron chi connectivity index (χ1n) is 4.41. The van der Waals surface area contributed by atoms with Crippen LogP contribution in [0.15, 0.2) is 18.2 Å². The Morgan fingerprint density at radius 2 is 2.46 bits per heavy atom. The third kappa shape index (κ3) is 1.47. The lowest BCUT2D eigenvalue weighted by Crippen LogP contribution is -2.17. The van der Waals surface area contributed by atoms with E-state index >= 15 is 0 Å². The molecule has 2 N–H and O–H groups in total. The highest BCUT2D eigenvalue weighted by Crippen LogP contribution is 2.30. The maximum atomic E-state index is 8.92. The van der Waals surface area contributed by atoms with Gasteiger partial charge in [0.1, 0.15) is 11.9 Å². The van der Waals surface area contributed by atoms with Crippen molar-refractivity contribution in [2.45, 2.75) is 12.5 Å². The minimum atomic E-state index is -0.0536. The fourth-order valence-electron chi connectivity index (χ4n) is 1.58. The number of hydrogen-bond donors (Lipinski definition) is 2. The smallest absolute Gasteiger partial charge is 0.126 e. The van der Waals surface area contributed by atoms with Gasteiger partial charge in [-0.05, 0) is 23.8 Å². The molecule has 0 aromatic heterocycles. The van der Waals surface area contributed by atoms with Gasteiger partial charge in [-0.15, -0.1) is 0 Å². The fourth-order valence-corrected chi connectivity index (χ4v) is 1.58. The van der Waals surface area contributed by atoms with Crippen molar-refractivity contribution in [1.82, 2.24) is 0 Å². The number of fused-ring (bicyclic) bond motifs is 1. The molecule has 13 heavy (non-hydrogen) atoms. The van der Waals surface area contributed by atoms with E-state index in [1.807, 2.05) is 19.2 Å². The summed E-state index contributed by atoms with van der Waals surface area (Å²) in [7, 11) is 1.89. The molecular formula is C10H13NO2. The van der Waals surface area contributed by atoms with Crippen LogP contribution >= 0.6 is 0 Å². The van der Waals surface area contributed by atoms with Crippen molar-refractivity contribution >= 4 is 5.69 Å². The summed E-state index contributed by atoms with van der Waals surface area (Å²) in [4.78, 5) is 0. The van der Waals surface area contributed by atoms with Crippen LogP contribution in [0.3, 0.4) is 0 Å². The Morgan fingerprint density at radius 3 is 3.15 bits per heavy atom. The van der Waals surface area contributed by atoms with E-state index in [-0.39, 0.29) is 12.7 Å². The van der Waals surface area contributed by atoms with Crippen LogP contribution in [-0.4, -0.2) is 24.9 Å². The summed E-state index contributed by atoms with van der Waals surface area (Å²) in [6.07, 6.45) is 0.753. The summed E-state index contributed by atoms with van der Waals surface area (Å²) in [6, 6.07) is 5.97. The molecule has 3 nitrogen and oxygen atoms in total. The van der Waals surface area contributed by atoms with Crippen LogP contribution < -0.4 is 10.1 Å². The van der Waals surface area contributed by atoms with Gasteiger partial charge in [0.05, 0.1) is 6.61 Å². The van der Waals surface area contributed by atoms with Crippen LogP contribution in [0.1, 0.15) is 5.56 Å². The summed E-state index contributed by atoms with van der Waals surface area (Å²) in [5.74, 6) is 0.901. The summed E-state index contributed by atoms with van der Waals surface area (Å²) < 4.78 is 5.48. The molecule has 1 aliphatic heterocycles. The molecular weight excluding hydrogens is 166 g/mol. The number of ether oxygens (including phenoxy) is 1. The molecule has 1 aromatic carbocycles. The van der Waals surface area contributed by atoms with Crippen molar-refractivity contribution in [2.24, 2.45) is 0 Å². The summed E-state index contributed by atoms with van der Waals surface area (Å²) >= 11 is 0. The van der Waals surface area contributed by atoms with E-state index < -0.39 is 0 Å². The molecule has 0 aliphatic carbocycles. The lowest BCUT2D eigenvalue weighted by molar-refractivity contribution is 0.134. The maximum Gasteiger partial charge on any atom is 0.126 e. The second-order valence-electron chi connectivity index (χ2n) is 3.20. The highest BCUT2D eigenvalue weighted by Gasteiger charge is 2.21. The van der Waals surface area contributed by atoms with Crippen molar-refractivity contribution in [2.75, 3.05) is 19.0 Å². The number of rotatable bonds is 2. The Bertz CT molecular complexity index is 312. The van der Waals surface area contributed by atoms with E-state index in [9.17, 15) is 0 Å². The van der Waals surface area contributed by atoms with Gasteiger partial charge in [0.25, 0.3) is 0 Å². The molecule has 1 unspecified atom stereocenters. The molecule has 1 aliphatic rings. The highest BCUT2D eigenvalue weighted by atomic mass is 16.5. The predicted molar refractivity (Wildman–Crippen MR) is 51.2 cm³/mol. The molecule has 1 atom stereocenters. The number of aliphatic hydroxyl groups is 1. The summed E-state index contributed by atoms with van der Waals surface area (Å²) in [5.41, 5.74) is 2.26. The first kappa shape index (κ1) is 8.38. The Morgan fingerprint density at radius 1 is 1.62 bits per heavy atom. The molecule has 1 heterocycles. The Hall–Kier alpha value is -1.22. The van der Waals surface area contributed by atoms with Crippen molar-refractivity contribution in [1.29, 1.82) is 0 Å². The lowest BCUT2D eigenvalue weighted by Gasteiger charge is -2.05. The third-order valence-corrected chi connectivity index (χ3v) is 2.29. The van der Waals surface area contributed by atoms with Crippen molar-refractivity contribution in [3.8, 4) is 5.75 Å². The van der Waals surface area contributed by atoms with Crippen LogP contribution in [0.5, 0.6) is 5.75 Å². The standard InChI is InChI=1S/C10H13NO2/c1-11-8-2-3-10-7(4-8)5-9(6-12)13-10/h2-4,9,11-12H,5-6H2,1H3. The SMILES string of the molecule is CNc1ccc2c(c1)CC(CO)O2. The normalized spacial score (nSPS) is 19.4. The molecule has 0 amide bonds. The number of benzene rings is 1. The van der Waals surface area contributed by atoms with Gasteiger partial charge >= 0.3 is 0 Å². The fraction of sp³-hybridized carbons (Fsp3) is 0.400. The minimum Gasteiger partial charge on any atom is -0.487 e. The topological polar surface area (TPSA) is 41.5 Å². The molecule has 0 saturated heterocycles. The zero-order valence-electron chi connectivity index (χ0n) is 7.58. The molecule has 0 radical (unpaired) electrons. The first-order valence-corrected chi connectivity index (χ1v) is 4.41. The highest BCUT2D eigenvalue weighted by molar-refractivity contribution is 5.52. The van der Waals surface area contributed by atoms with Crippen molar-refractivity contribution in [3.05, 3.63) is 23.8 Å². The van der Waals surface area contributed by atoms with Gasteiger partial charge in [-0.2, -0.15) is 0 Å². The van der Waals surface area contributed by atoms with E-state index in [4.69, 9.17) is 9.84 Å². The zero-order chi connectivity index (χ0) is 9.26. The number of aliphatic hydroxyl groups excluding tert-OH is 1. The zero-order valence-corrected chi connectivity index (χ0v) is 7.58. The van der Waals surface area contributed by atoms with Gasteiger partial charge in [-0.1, -0.05) is 0 Å². The van der Waals surface area contributed by atoms with Gasteiger partial charge in [-0.25, -0.2) is 0 Å². The molecule has 70 valence electrons. The molecule has 0 fully saturated rings. The molecule has 0 bridgehead atoms. The molecule has 1 aromatic rings. The van der Waals surface area contributed by atoms with Gasteiger partial charge < -0.3 is 15.2 Å². The Labute approximate surface area is 77.3 Å². The molecule has 3 heteroatoms. The first-order chi connectivity index (χ1) is 6.33. The van der Waals surface area contributed by atoms with Gasteiger partial charge in [0.15, 0.2) is 0 Å². The maximum absolute atomic E-state index is 8.92. The summed E-state index contributed by atoms with van der Waals surface area (Å²) in [6.45, 7) is 0.0869. The summed E-state index contributed by atoms with van der Waals surface area (Å²) in [5, 5.41) is 12.0. The molecule has 0 saturated carbocycles. The number of anilines is 1. The van der Waals surface area contributed by atoms with Crippen molar-refractivity contribution in [3.63, 3.8) is 0 Å². The number of hydrogen-bond acceptors (Lipinski definition) is 3. The Kier molecular flexibility index (Phi) is 2.10. The van der Waals surface area contributed by atoms with Crippen LogP contribution in [0.4, 0.5) is 5.69 Å². The average Bonchev–Trinajstić information content (AvgIpc) is 2.58. The molecule has 2 rings (SSSR count). The van der Waals surface area contributed by atoms with Crippen LogP contribution in [0.25, 0.3) is 0 Å². The minimum absolute atomic E-state index is 0.0536. The Balaban J connectivity index is 2.25. The quantitative estimate of drug-likeness (QED) is 0.712. The second-order valence-corrected chi connectivity index (χ2v) is 3.20. The van der Waals surface area contributed by atoms with E-state index in [2.05, 4.69) is 11.4 Å². The van der Waals surface area contributed by atoms with Crippen LogP contribution in [-0.2, 0) is 6.42 Å². The van der Waals surface area contributed by atoms with Crippen LogP contribution in [0, 0.1) is 0 Å². The van der Waals surface area contributed by atoms with E-state index in [0.29, 0.717) is 0 Å².